The van der Waals surface area contributed by atoms with Crippen LogP contribution in [-0.4, -0.2) is 56.1 Å². The molecule has 110 valence electrons. The van der Waals surface area contributed by atoms with E-state index in [1.165, 1.54) is 0 Å². The Kier molecular flexibility index (Phi) is 7.02. The standard InChI is InChI=1S/C15H22N2O3/c1-12(10-19-3)17(2)9-14(18)11-20-15-6-4-5-13(7-15)8-16/h4-7,12,14,18H,9-11H2,1-3H3. The Morgan fingerprint density at radius 3 is 2.80 bits per heavy atom. The molecule has 0 bridgehead atoms. The van der Waals surface area contributed by atoms with E-state index >= 15 is 0 Å². The summed E-state index contributed by atoms with van der Waals surface area (Å²) in [6, 6.07) is 9.18. The first-order chi connectivity index (χ1) is 9.56. The summed E-state index contributed by atoms with van der Waals surface area (Å²) < 4.78 is 10.6. The van der Waals surface area contributed by atoms with E-state index in [0.29, 0.717) is 24.5 Å². The van der Waals surface area contributed by atoms with Crippen molar-refractivity contribution >= 4 is 0 Å². The van der Waals surface area contributed by atoms with Crippen LogP contribution in [0.4, 0.5) is 0 Å². The molecule has 20 heavy (non-hydrogen) atoms. The topological polar surface area (TPSA) is 65.7 Å². The van der Waals surface area contributed by atoms with Crippen molar-refractivity contribution in [2.45, 2.75) is 19.1 Å². The Hall–Kier alpha value is -1.61. The SMILES string of the molecule is COCC(C)N(C)CC(O)COc1cccc(C#N)c1. The smallest absolute Gasteiger partial charge is 0.120 e. The van der Waals surface area contributed by atoms with E-state index in [1.807, 2.05) is 18.9 Å². The van der Waals surface area contributed by atoms with Gasteiger partial charge in [0.25, 0.3) is 0 Å². The van der Waals surface area contributed by atoms with Crippen LogP contribution in [0.2, 0.25) is 0 Å². The van der Waals surface area contributed by atoms with Crippen molar-refractivity contribution in [1.29, 1.82) is 5.26 Å². The third-order valence-electron chi connectivity index (χ3n) is 3.06. The second-order valence-electron chi connectivity index (χ2n) is 4.85. The summed E-state index contributed by atoms with van der Waals surface area (Å²) in [5.41, 5.74) is 0.544. The van der Waals surface area contributed by atoms with Gasteiger partial charge in [-0.15, -0.1) is 0 Å². The number of rotatable bonds is 8. The highest BCUT2D eigenvalue weighted by Crippen LogP contribution is 2.13. The molecule has 0 aromatic heterocycles. The molecule has 1 N–H and O–H groups in total. The van der Waals surface area contributed by atoms with Gasteiger partial charge >= 0.3 is 0 Å². The molecule has 2 atom stereocenters. The first-order valence-corrected chi connectivity index (χ1v) is 6.57. The number of aliphatic hydroxyl groups excluding tert-OH is 1. The van der Waals surface area contributed by atoms with Crippen LogP contribution in [0.1, 0.15) is 12.5 Å². The molecule has 0 aliphatic carbocycles. The lowest BCUT2D eigenvalue weighted by Gasteiger charge is -2.26. The molecule has 0 aliphatic rings. The zero-order valence-corrected chi connectivity index (χ0v) is 12.2. The van der Waals surface area contributed by atoms with Crippen LogP contribution in [0.3, 0.4) is 0 Å². The van der Waals surface area contributed by atoms with Gasteiger partial charge in [0.2, 0.25) is 0 Å². The first kappa shape index (κ1) is 16.4. The van der Waals surface area contributed by atoms with Gasteiger partial charge in [-0.25, -0.2) is 0 Å². The molecule has 0 spiro atoms. The normalized spacial score (nSPS) is 13.8. The summed E-state index contributed by atoms with van der Waals surface area (Å²) in [5.74, 6) is 0.593. The predicted molar refractivity (Wildman–Crippen MR) is 76.6 cm³/mol. The van der Waals surface area contributed by atoms with Gasteiger partial charge in [0.1, 0.15) is 18.5 Å². The van der Waals surface area contributed by atoms with Gasteiger partial charge in [0, 0.05) is 19.7 Å². The van der Waals surface area contributed by atoms with Crippen molar-refractivity contribution in [3.05, 3.63) is 29.8 Å². The van der Waals surface area contributed by atoms with Gasteiger partial charge in [0.05, 0.1) is 18.2 Å². The summed E-state index contributed by atoms with van der Waals surface area (Å²) in [7, 11) is 3.59. The molecule has 0 amide bonds. The number of ether oxygens (including phenoxy) is 2. The van der Waals surface area contributed by atoms with E-state index in [-0.39, 0.29) is 12.6 Å². The maximum atomic E-state index is 9.95. The number of hydrogen-bond acceptors (Lipinski definition) is 5. The van der Waals surface area contributed by atoms with Crippen molar-refractivity contribution in [1.82, 2.24) is 4.90 Å². The number of benzene rings is 1. The molecular formula is C15H22N2O3. The van der Waals surface area contributed by atoms with E-state index in [0.717, 1.165) is 0 Å². The highest BCUT2D eigenvalue weighted by molar-refractivity contribution is 5.36. The van der Waals surface area contributed by atoms with Crippen LogP contribution >= 0.6 is 0 Å². The summed E-state index contributed by atoms with van der Waals surface area (Å²) in [4.78, 5) is 2.02. The second-order valence-corrected chi connectivity index (χ2v) is 4.85. The lowest BCUT2D eigenvalue weighted by Crippen LogP contribution is -2.40. The lowest BCUT2D eigenvalue weighted by molar-refractivity contribution is 0.0466. The lowest BCUT2D eigenvalue weighted by atomic mass is 10.2. The molecule has 0 radical (unpaired) electrons. The largest absolute Gasteiger partial charge is 0.491 e. The van der Waals surface area contributed by atoms with Gasteiger partial charge in [-0.3, -0.25) is 4.90 Å². The Bertz CT molecular complexity index is 445. The van der Waals surface area contributed by atoms with Gasteiger partial charge < -0.3 is 14.6 Å². The molecule has 1 aromatic rings. The Morgan fingerprint density at radius 2 is 2.15 bits per heavy atom. The van der Waals surface area contributed by atoms with E-state index in [4.69, 9.17) is 14.7 Å². The van der Waals surface area contributed by atoms with Gasteiger partial charge in [-0.05, 0) is 32.2 Å². The Morgan fingerprint density at radius 1 is 1.40 bits per heavy atom. The summed E-state index contributed by atoms with van der Waals surface area (Å²) in [6.45, 7) is 3.35. The van der Waals surface area contributed by atoms with Crippen molar-refractivity contribution < 1.29 is 14.6 Å². The van der Waals surface area contributed by atoms with Crippen LogP contribution in [0, 0.1) is 11.3 Å². The minimum Gasteiger partial charge on any atom is -0.491 e. The monoisotopic (exact) mass is 278 g/mol. The van der Waals surface area contributed by atoms with Crippen molar-refractivity contribution in [3.8, 4) is 11.8 Å². The molecule has 1 rings (SSSR count). The number of methoxy groups -OCH3 is 1. The van der Waals surface area contributed by atoms with Crippen molar-refractivity contribution in [2.75, 3.05) is 33.9 Å². The van der Waals surface area contributed by atoms with E-state index < -0.39 is 6.10 Å². The van der Waals surface area contributed by atoms with E-state index in [1.54, 1.807) is 31.4 Å². The second kappa shape index (κ2) is 8.54. The van der Waals surface area contributed by atoms with Gasteiger partial charge in [0.15, 0.2) is 0 Å². The number of nitriles is 1. The molecular weight excluding hydrogens is 256 g/mol. The van der Waals surface area contributed by atoms with Crippen LogP contribution in [0.5, 0.6) is 5.75 Å². The maximum Gasteiger partial charge on any atom is 0.120 e. The molecule has 1 aromatic carbocycles. The summed E-state index contributed by atoms with van der Waals surface area (Å²) in [5, 5.41) is 18.7. The Balaban J connectivity index is 2.39. The molecule has 0 saturated heterocycles. The van der Waals surface area contributed by atoms with Crippen LogP contribution < -0.4 is 4.74 Å². The Labute approximate surface area is 120 Å². The van der Waals surface area contributed by atoms with Crippen LogP contribution in [0.15, 0.2) is 24.3 Å². The molecule has 5 nitrogen and oxygen atoms in total. The molecule has 0 heterocycles. The van der Waals surface area contributed by atoms with Crippen LogP contribution in [-0.2, 0) is 4.74 Å². The minimum atomic E-state index is -0.593. The maximum absolute atomic E-state index is 9.95. The minimum absolute atomic E-state index is 0.193. The van der Waals surface area contributed by atoms with Crippen molar-refractivity contribution in [2.24, 2.45) is 0 Å². The van der Waals surface area contributed by atoms with Gasteiger partial charge in [-0.2, -0.15) is 5.26 Å². The highest BCUT2D eigenvalue weighted by atomic mass is 16.5. The predicted octanol–water partition coefficient (Wildman–Crippen LogP) is 1.26. The number of hydrogen-bond donors (Lipinski definition) is 1. The van der Waals surface area contributed by atoms with E-state index in [2.05, 4.69) is 6.07 Å². The number of likely N-dealkylation sites (N-methyl/N-ethyl adjacent to an activating group) is 1. The zero-order chi connectivity index (χ0) is 15.0. The summed E-state index contributed by atoms with van der Waals surface area (Å²) >= 11 is 0. The zero-order valence-electron chi connectivity index (χ0n) is 12.2. The van der Waals surface area contributed by atoms with Gasteiger partial charge in [-0.1, -0.05) is 6.07 Å². The molecule has 0 saturated carbocycles. The third-order valence-corrected chi connectivity index (χ3v) is 3.06. The molecule has 5 heteroatoms. The van der Waals surface area contributed by atoms with Crippen molar-refractivity contribution in [3.63, 3.8) is 0 Å². The summed E-state index contributed by atoms with van der Waals surface area (Å²) in [6.07, 6.45) is -0.593. The average Bonchev–Trinajstić information content (AvgIpc) is 2.45. The number of aliphatic hydroxyl groups is 1. The molecule has 0 fully saturated rings. The fraction of sp³-hybridized carbons (Fsp3) is 0.533. The quantitative estimate of drug-likeness (QED) is 0.775. The fourth-order valence-electron chi connectivity index (χ4n) is 1.78. The first-order valence-electron chi connectivity index (χ1n) is 6.57. The number of nitrogens with zero attached hydrogens (tertiary/aromatic N) is 2. The van der Waals surface area contributed by atoms with E-state index in [9.17, 15) is 5.11 Å². The third kappa shape index (κ3) is 5.57. The van der Waals surface area contributed by atoms with Crippen LogP contribution in [0.25, 0.3) is 0 Å². The molecule has 2 unspecified atom stereocenters. The fourth-order valence-corrected chi connectivity index (χ4v) is 1.78. The average molecular weight is 278 g/mol. The molecule has 0 aliphatic heterocycles. The highest BCUT2D eigenvalue weighted by Gasteiger charge is 2.14.